The number of aromatic nitrogens is 4. The second kappa shape index (κ2) is 4.16. The van der Waals surface area contributed by atoms with Crippen molar-refractivity contribution in [1.29, 1.82) is 0 Å². The molecule has 1 saturated heterocycles. The summed E-state index contributed by atoms with van der Waals surface area (Å²) in [6.45, 7) is 3.09. The van der Waals surface area contributed by atoms with Crippen molar-refractivity contribution < 1.29 is 9.53 Å². The van der Waals surface area contributed by atoms with Gasteiger partial charge in [0.1, 0.15) is 11.8 Å². The summed E-state index contributed by atoms with van der Waals surface area (Å²) in [5, 5.41) is 0. The van der Waals surface area contributed by atoms with E-state index in [1.165, 1.54) is 6.33 Å². The quantitative estimate of drug-likeness (QED) is 0.750. The summed E-state index contributed by atoms with van der Waals surface area (Å²) >= 11 is 0. The molecule has 1 fully saturated rings. The van der Waals surface area contributed by atoms with Crippen molar-refractivity contribution in [2.75, 3.05) is 24.6 Å². The maximum absolute atomic E-state index is 11.5. The van der Waals surface area contributed by atoms with E-state index in [4.69, 9.17) is 10.5 Å². The smallest absolute Gasteiger partial charge is 0.251 e. The second-order valence-electron chi connectivity index (χ2n) is 4.66. The molecule has 19 heavy (non-hydrogen) atoms. The van der Waals surface area contributed by atoms with Crippen LogP contribution in [0, 0.1) is 0 Å². The Kier molecular flexibility index (Phi) is 2.59. The summed E-state index contributed by atoms with van der Waals surface area (Å²) in [4.78, 5) is 28.9. The summed E-state index contributed by atoms with van der Waals surface area (Å²) in [6, 6.07) is 0. The number of hydrogen-bond acceptors (Lipinski definition) is 6. The van der Waals surface area contributed by atoms with Gasteiger partial charge in [-0.1, -0.05) is 0 Å². The minimum absolute atomic E-state index is 0.355. The number of H-pyrrole nitrogens is 1. The molecule has 8 heteroatoms. The van der Waals surface area contributed by atoms with Crippen molar-refractivity contribution in [2.45, 2.75) is 12.5 Å². The molecule has 2 aromatic heterocycles. The van der Waals surface area contributed by atoms with Gasteiger partial charge < -0.3 is 20.4 Å². The molecule has 1 atom stereocenters. The van der Waals surface area contributed by atoms with Crippen molar-refractivity contribution in [1.82, 2.24) is 19.9 Å². The van der Waals surface area contributed by atoms with Crippen LogP contribution in [0.5, 0.6) is 0 Å². The molecule has 0 saturated carbocycles. The molecule has 0 aliphatic carbocycles. The molecule has 1 aliphatic rings. The number of ether oxygens (including phenoxy) is 1. The summed E-state index contributed by atoms with van der Waals surface area (Å²) in [5.41, 5.74) is 5.73. The Bertz CT molecular complexity index is 626. The molecule has 2 aromatic rings. The number of carbonyl (C=O) groups excluding carboxylic acids is 1. The maximum atomic E-state index is 11.5. The zero-order valence-electron chi connectivity index (χ0n) is 10.5. The van der Waals surface area contributed by atoms with Crippen LogP contribution in [0.25, 0.3) is 11.2 Å². The largest absolute Gasteiger partial charge is 0.367 e. The van der Waals surface area contributed by atoms with Crippen molar-refractivity contribution >= 4 is 22.9 Å². The molecule has 0 bridgehead atoms. The first-order valence-corrected chi connectivity index (χ1v) is 5.93. The van der Waals surface area contributed by atoms with Crippen LogP contribution in [0.1, 0.15) is 6.92 Å². The number of primary amides is 1. The predicted octanol–water partition coefficient (Wildman–Crippen LogP) is -0.566. The highest BCUT2D eigenvalue weighted by atomic mass is 16.5. The van der Waals surface area contributed by atoms with E-state index < -0.39 is 11.5 Å². The van der Waals surface area contributed by atoms with Gasteiger partial charge in [0.2, 0.25) is 0 Å². The highest BCUT2D eigenvalue weighted by Gasteiger charge is 2.38. The van der Waals surface area contributed by atoms with E-state index >= 15 is 0 Å². The number of fused-ring (bicyclic) bond motifs is 1. The summed E-state index contributed by atoms with van der Waals surface area (Å²) in [6.07, 6.45) is 3.02. The van der Waals surface area contributed by atoms with Gasteiger partial charge in [-0.2, -0.15) is 0 Å². The van der Waals surface area contributed by atoms with E-state index in [0.717, 1.165) is 5.52 Å². The van der Waals surface area contributed by atoms with Gasteiger partial charge in [0, 0.05) is 6.54 Å². The SMILES string of the molecule is CC1(C(N)=O)CN(c2ncnc3nc[nH]c23)CCO1. The van der Waals surface area contributed by atoms with Gasteiger partial charge >= 0.3 is 0 Å². The van der Waals surface area contributed by atoms with Gasteiger partial charge in [0.15, 0.2) is 17.1 Å². The van der Waals surface area contributed by atoms with Crippen LogP contribution in [0.3, 0.4) is 0 Å². The third-order valence-electron chi connectivity index (χ3n) is 3.30. The van der Waals surface area contributed by atoms with E-state index in [1.807, 2.05) is 4.90 Å². The van der Waals surface area contributed by atoms with Crippen LogP contribution in [0.15, 0.2) is 12.7 Å². The summed E-state index contributed by atoms with van der Waals surface area (Å²) in [7, 11) is 0. The fourth-order valence-electron chi connectivity index (χ4n) is 2.19. The number of rotatable bonds is 2. The molecule has 0 aromatic carbocycles. The number of morpholine rings is 1. The van der Waals surface area contributed by atoms with Crippen LogP contribution in [0.2, 0.25) is 0 Å². The lowest BCUT2D eigenvalue weighted by Crippen LogP contribution is -2.57. The number of aromatic amines is 1. The molecule has 100 valence electrons. The fourth-order valence-corrected chi connectivity index (χ4v) is 2.19. The van der Waals surface area contributed by atoms with Gasteiger partial charge in [-0.25, -0.2) is 15.0 Å². The number of nitrogens with one attached hydrogen (secondary N) is 1. The molecule has 3 N–H and O–H groups in total. The minimum Gasteiger partial charge on any atom is -0.367 e. The summed E-state index contributed by atoms with van der Waals surface area (Å²) in [5.74, 6) is 0.227. The molecule has 0 spiro atoms. The number of nitrogens with zero attached hydrogens (tertiary/aromatic N) is 4. The van der Waals surface area contributed by atoms with Gasteiger partial charge in [-0.15, -0.1) is 0 Å². The molecule has 8 nitrogen and oxygen atoms in total. The predicted molar refractivity (Wildman–Crippen MR) is 67.4 cm³/mol. The second-order valence-corrected chi connectivity index (χ2v) is 4.66. The molecule has 1 unspecified atom stereocenters. The van der Waals surface area contributed by atoms with Crippen LogP contribution in [-0.4, -0.2) is 51.1 Å². The Balaban J connectivity index is 1.98. The lowest BCUT2D eigenvalue weighted by molar-refractivity contribution is -0.142. The first kappa shape index (κ1) is 11.8. The standard InChI is InChI=1S/C11H14N6O2/c1-11(10(12)18)4-17(2-3-19-11)9-7-8(14-5-13-7)15-6-16-9/h5-6H,2-4H2,1H3,(H2,12,18)(H,13,14,15,16). The van der Waals surface area contributed by atoms with Gasteiger partial charge in [-0.3, -0.25) is 4.79 Å². The molecular weight excluding hydrogens is 248 g/mol. The number of anilines is 1. The Hall–Kier alpha value is -2.22. The van der Waals surface area contributed by atoms with E-state index in [9.17, 15) is 4.79 Å². The van der Waals surface area contributed by atoms with E-state index in [2.05, 4.69) is 19.9 Å². The highest BCUT2D eigenvalue weighted by molar-refractivity contribution is 5.86. The molecule has 1 amide bonds. The third kappa shape index (κ3) is 1.89. The van der Waals surface area contributed by atoms with Crippen LogP contribution < -0.4 is 10.6 Å². The van der Waals surface area contributed by atoms with E-state index in [1.54, 1.807) is 13.3 Å². The van der Waals surface area contributed by atoms with Crippen molar-refractivity contribution in [2.24, 2.45) is 5.73 Å². The lowest BCUT2D eigenvalue weighted by atomic mass is 10.0. The van der Waals surface area contributed by atoms with Crippen molar-refractivity contribution in [3.63, 3.8) is 0 Å². The highest BCUT2D eigenvalue weighted by Crippen LogP contribution is 2.25. The monoisotopic (exact) mass is 262 g/mol. The van der Waals surface area contributed by atoms with Gasteiger partial charge in [-0.05, 0) is 6.92 Å². The normalized spacial score (nSPS) is 23.7. The number of amides is 1. The van der Waals surface area contributed by atoms with Crippen LogP contribution >= 0.6 is 0 Å². The first-order chi connectivity index (χ1) is 9.10. The third-order valence-corrected chi connectivity index (χ3v) is 3.30. The fraction of sp³-hybridized carbons (Fsp3) is 0.455. The Morgan fingerprint density at radius 2 is 2.37 bits per heavy atom. The Morgan fingerprint density at radius 1 is 1.53 bits per heavy atom. The molecule has 3 heterocycles. The maximum Gasteiger partial charge on any atom is 0.251 e. The van der Waals surface area contributed by atoms with Gasteiger partial charge in [0.05, 0.1) is 19.5 Å². The van der Waals surface area contributed by atoms with Gasteiger partial charge in [0.25, 0.3) is 5.91 Å². The number of nitrogens with two attached hydrogens (primary N) is 1. The topological polar surface area (TPSA) is 110 Å². The average molecular weight is 262 g/mol. The summed E-state index contributed by atoms with van der Waals surface area (Å²) < 4.78 is 5.49. The number of imidazole rings is 1. The molecule has 1 aliphatic heterocycles. The zero-order chi connectivity index (χ0) is 13.5. The van der Waals surface area contributed by atoms with Crippen molar-refractivity contribution in [3.05, 3.63) is 12.7 Å². The molecule has 3 rings (SSSR count). The van der Waals surface area contributed by atoms with Crippen LogP contribution in [-0.2, 0) is 9.53 Å². The van der Waals surface area contributed by atoms with E-state index in [0.29, 0.717) is 31.2 Å². The van der Waals surface area contributed by atoms with Crippen molar-refractivity contribution in [3.8, 4) is 0 Å². The van der Waals surface area contributed by atoms with Crippen LogP contribution in [0.4, 0.5) is 5.82 Å². The first-order valence-electron chi connectivity index (χ1n) is 5.93. The van der Waals surface area contributed by atoms with E-state index in [-0.39, 0.29) is 0 Å². The molecular formula is C11H14N6O2. The average Bonchev–Trinajstić information content (AvgIpc) is 2.86. The lowest BCUT2D eigenvalue weighted by Gasteiger charge is -2.38. The number of hydrogen-bond donors (Lipinski definition) is 2. The molecule has 0 radical (unpaired) electrons. The zero-order valence-corrected chi connectivity index (χ0v) is 10.5. The number of carbonyl (C=O) groups is 1. The Labute approximate surface area is 109 Å². The Morgan fingerprint density at radius 3 is 3.16 bits per heavy atom. The minimum atomic E-state index is -1.00.